The minimum Gasteiger partial charge on any atom is -0.458 e. The molecule has 30 heavy (non-hydrogen) atoms. The Bertz CT molecular complexity index is 792. The molecule has 1 aliphatic heterocycles. The molecule has 0 bridgehead atoms. The van der Waals surface area contributed by atoms with Crippen molar-refractivity contribution in [3.63, 3.8) is 0 Å². The maximum Gasteiger partial charge on any atom is 0.334 e. The van der Waals surface area contributed by atoms with Crippen molar-refractivity contribution in [3.8, 4) is 0 Å². The van der Waals surface area contributed by atoms with Crippen LogP contribution in [0.5, 0.6) is 0 Å². The monoisotopic (exact) mass is 418 g/mol. The molecule has 3 rings (SSSR count). The summed E-state index contributed by atoms with van der Waals surface area (Å²) >= 11 is 0. The third-order valence-corrected chi connectivity index (χ3v) is 7.48. The van der Waals surface area contributed by atoms with Gasteiger partial charge in [0.1, 0.15) is 6.10 Å². The second-order valence-electron chi connectivity index (χ2n) is 9.99. The first-order valence-electron chi connectivity index (χ1n) is 10.9. The van der Waals surface area contributed by atoms with E-state index in [0.29, 0.717) is 17.9 Å². The van der Waals surface area contributed by atoms with Crippen LogP contribution in [0.15, 0.2) is 23.3 Å². The summed E-state index contributed by atoms with van der Waals surface area (Å²) in [6, 6.07) is 0. The van der Waals surface area contributed by atoms with Crippen molar-refractivity contribution < 1.29 is 28.6 Å². The quantitative estimate of drug-likeness (QED) is 0.484. The molecular weight excluding hydrogens is 384 g/mol. The van der Waals surface area contributed by atoms with Gasteiger partial charge in [-0.2, -0.15) is 0 Å². The van der Waals surface area contributed by atoms with Crippen LogP contribution in [0.25, 0.3) is 0 Å². The van der Waals surface area contributed by atoms with Gasteiger partial charge in [-0.15, -0.1) is 0 Å². The fourth-order valence-electron chi connectivity index (χ4n) is 6.16. The zero-order valence-electron chi connectivity index (χ0n) is 18.9. The van der Waals surface area contributed by atoms with Crippen molar-refractivity contribution >= 4 is 17.9 Å². The van der Waals surface area contributed by atoms with Crippen molar-refractivity contribution in [1.82, 2.24) is 0 Å². The summed E-state index contributed by atoms with van der Waals surface area (Å²) in [4.78, 5) is 35.3. The number of carbonyl (C=O) groups excluding carboxylic acids is 3. The number of carbonyl (C=O) groups is 3. The number of ether oxygens (including phenoxy) is 3. The molecule has 3 aliphatic rings. The minimum atomic E-state index is -1.14. The number of hydrogen-bond donors (Lipinski definition) is 0. The van der Waals surface area contributed by atoms with Crippen LogP contribution in [-0.4, -0.2) is 30.3 Å². The minimum absolute atomic E-state index is 0.0694. The molecule has 0 aromatic heterocycles. The maximum atomic E-state index is 11.9. The Kier molecular flexibility index (Phi) is 6.17. The fraction of sp³-hybridized carbons (Fsp3) is 0.708. The lowest BCUT2D eigenvalue weighted by Crippen LogP contribution is -2.49. The van der Waals surface area contributed by atoms with Gasteiger partial charge in [0, 0.05) is 19.9 Å². The molecule has 0 amide bonds. The number of cyclic esters (lactones) is 1. The van der Waals surface area contributed by atoms with Crippen LogP contribution in [0.1, 0.15) is 73.6 Å². The van der Waals surface area contributed by atoms with Gasteiger partial charge in [-0.05, 0) is 55.3 Å². The van der Waals surface area contributed by atoms with Crippen molar-refractivity contribution in [2.75, 3.05) is 0 Å². The third kappa shape index (κ3) is 4.33. The highest BCUT2D eigenvalue weighted by Gasteiger charge is 2.53. The lowest BCUT2D eigenvalue weighted by molar-refractivity contribution is -0.174. The molecule has 166 valence electrons. The van der Waals surface area contributed by atoms with Crippen LogP contribution in [0.2, 0.25) is 0 Å². The van der Waals surface area contributed by atoms with Crippen molar-refractivity contribution in [2.24, 2.45) is 22.7 Å². The Morgan fingerprint density at radius 2 is 1.90 bits per heavy atom. The SMILES string of the molecule is CC(=O)OC1OC(=O)C=C1[C@@H](C[C@H]1C(C)=CC[C@H]2C(C)(C)CCC[C@]12C)OC(C)=O. The molecule has 1 fully saturated rings. The lowest BCUT2D eigenvalue weighted by Gasteiger charge is -2.57. The van der Waals surface area contributed by atoms with E-state index in [1.807, 2.05) is 0 Å². The van der Waals surface area contributed by atoms with Gasteiger partial charge >= 0.3 is 17.9 Å². The first-order valence-corrected chi connectivity index (χ1v) is 10.9. The van der Waals surface area contributed by atoms with Crippen LogP contribution in [0.3, 0.4) is 0 Å². The molecule has 6 nitrogen and oxygen atoms in total. The number of fused-ring (bicyclic) bond motifs is 1. The molecule has 1 heterocycles. The zero-order chi connectivity index (χ0) is 22.3. The van der Waals surface area contributed by atoms with E-state index in [-0.39, 0.29) is 16.7 Å². The van der Waals surface area contributed by atoms with Crippen molar-refractivity contribution in [1.29, 1.82) is 0 Å². The zero-order valence-corrected chi connectivity index (χ0v) is 18.9. The number of rotatable bonds is 5. The largest absolute Gasteiger partial charge is 0.458 e. The van der Waals surface area contributed by atoms with E-state index in [4.69, 9.17) is 14.2 Å². The molecular formula is C24H34O6. The van der Waals surface area contributed by atoms with Crippen molar-refractivity contribution in [3.05, 3.63) is 23.3 Å². The van der Waals surface area contributed by atoms with Crippen LogP contribution in [0, 0.1) is 22.7 Å². The molecule has 6 heteroatoms. The average molecular weight is 419 g/mol. The first-order chi connectivity index (χ1) is 13.9. The van der Waals surface area contributed by atoms with Crippen LogP contribution >= 0.6 is 0 Å². The van der Waals surface area contributed by atoms with Gasteiger partial charge < -0.3 is 14.2 Å². The summed E-state index contributed by atoms with van der Waals surface area (Å²) in [5.74, 6) is -0.867. The van der Waals surface area contributed by atoms with E-state index in [9.17, 15) is 14.4 Å². The summed E-state index contributed by atoms with van der Waals surface area (Å²) in [5, 5.41) is 0. The Labute approximate surface area is 179 Å². The van der Waals surface area contributed by atoms with E-state index in [1.165, 1.54) is 38.3 Å². The molecule has 2 aliphatic carbocycles. The highest BCUT2D eigenvalue weighted by Crippen LogP contribution is 2.60. The molecule has 0 aromatic rings. The predicted molar refractivity (Wildman–Crippen MR) is 111 cm³/mol. The molecule has 0 radical (unpaired) electrons. The van der Waals surface area contributed by atoms with Gasteiger partial charge in [0.2, 0.25) is 0 Å². The lowest BCUT2D eigenvalue weighted by atomic mass is 9.48. The van der Waals surface area contributed by atoms with Gasteiger partial charge in [-0.1, -0.05) is 38.8 Å². The highest BCUT2D eigenvalue weighted by molar-refractivity contribution is 5.86. The molecule has 0 saturated heterocycles. The standard InChI is InChI=1S/C24H34O6/c1-14-8-9-20-23(4,5)10-7-11-24(20,6)18(14)13-19(28-15(2)25)17-12-21(27)30-22(17)29-16(3)26/h8,12,18-20,22H,7,9-11,13H2,1-6H3/t18-,19+,20-,22?,24+/m0/s1. The maximum absolute atomic E-state index is 11.9. The second kappa shape index (κ2) is 8.20. The summed E-state index contributed by atoms with van der Waals surface area (Å²) in [5.41, 5.74) is 2.00. The van der Waals surface area contributed by atoms with Gasteiger partial charge in [-0.25, -0.2) is 4.79 Å². The number of hydrogen-bond acceptors (Lipinski definition) is 6. The Balaban J connectivity index is 1.94. The van der Waals surface area contributed by atoms with Crippen LogP contribution in [0.4, 0.5) is 0 Å². The number of esters is 3. The molecule has 0 N–H and O–H groups in total. The Morgan fingerprint density at radius 3 is 2.53 bits per heavy atom. The van der Waals surface area contributed by atoms with Crippen LogP contribution < -0.4 is 0 Å². The van der Waals surface area contributed by atoms with Crippen LogP contribution in [-0.2, 0) is 28.6 Å². The van der Waals surface area contributed by atoms with E-state index in [2.05, 4.69) is 33.8 Å². The van der Waals surface area contributed by atoms with Gasteiger partial charge in [0.05, 0.1) is 5.57 Å². The number of allylic oxidation sites excluding steroid dienone is 2. The summed E-state index contributed by atoms with van der Waals surface area (Å²) in [6.07, 6.45) is 6.88. The van der Waals surface area contributed by atoms with Gasteiger partial charge in [0.25, 0.3) is 6.29 Å². The summed E-state index contributed by atoms with van der Waals surface area (Å²) < 4.78 is 16.0. The van der Waals surface area contributed by atoms with E-state index < -0.39 is 30.3 Å². The summed E-state index contributed by atoms with van der Waals surface area (Å²) in [7, 11) is 0. The second-order valence-corrected chi connectivity index (χ2v) is 9.99. The fourth-order valence-corrected chi connectivity index (χ4v) is 6.16. The molecule has 0 aromatic carbocycles. The Morgan fingerprint density at radius 1 is 1.20 bits per heavy atom. The topological polar surface area (TPSA) is 78.9 Å². The predicted octanol–water partition coefficient (Wildman–Crippen LogP) is 4.48. The summed E-state index contributed by atoms with van der Waals surface area (Å²) in [6.45, 7) is 11.8. The first kappa shape index (κ1) is 22.6. The van der Waals surface area contributed by atoms with Gasteiger partial charge in [0.15, 0.2) is 0 Å². The average Bonchev–Trinajstić information content (AvgIpc) is 2.95. The van der Waals surface area contributed by atoms with Gasteiger partial charge in [-0.3, -0.25) is 9.59 Å². The highest BCUT2D eigenvalue weighted by atomic mass is 16.7. The normalized spacial score (nSPS) is 33.5. The molecule has 0 spiro atoms. The van der Waals surface area contributed by atoms with Crippen molar-refractivity contribution in [2.45, 2.75) is 86.0 Å². The van der Waals surface area contributed by atoms with E-state index in [0.717, 1.165) is 12.8 Å². The third-order valence-electron chi connectivity index (χ3n) is 7.48. The molecule has 5 atom stereocenters. The van der Waals surface area contributed by atoms with E-state index in [1.54, 1.807) is 0 Å². The molecule has 1 saturated carbocycles. The Hall–Kier alpha value is -2.11. The molecule has 1 unspecified atom stereocenters. The smallest absolute Gasteiger partial charge is 0.334 e. The van der Waals surface area contributed by atoms with E-state index >= 15 is 0 Å².